The molecule has 2 heteroatoms. The highest BCUT2D eigenvalue weighted by atomic mass is 14.9. The van der Waals surface area contributed by atoms with Gasteiger partial charge in [-0.2, -0.15) is 0 Å². The van der Waals surface area contributed by atoms with Gasteiger partial charge >= 0.3 is 0 Å². The predicted octanol–water partition coefficient (Wildman–Crippen LogP) is 4.72. The molecule has 1 aromatic rings. The fraction of sp³-hybridized carbons (Fsp3) is 0.636. The van der Waals surface area contributed by atoms with Crippen LogP contribution in [0.1, 0.15) is 75.1 Å². The SMILES string of the molecule is CCC/C=C\CCNC(C)Cc1ccc2c(c1C(C)C)CCNC2. The third-order valence-electron chi connectivity index (χ3n) is 4.94. The highest BCUT2D eigenvalue weighted by Gasteiger charge is 2.19. The predicted molar refractivity (Wildman–Crippen MR) is 106 cm³/mol. The van der Waals surface area contributed by atoms with Crippen molar-refractivity contribution in [2.24, 2.45) is 0 Å². The Hall–Kier alpha value is -1.12. The summed E-state index contributed by atoms with van der Waals surface area (Å²) in [6.07, 6.45) is 10.5. The quantitative estimate of drug-likeness (QED) is 0.506. The summed E-state index contributed by atoms with van der Waals surface area (Å²) in [6.45, 7) is 12.5. The molecule has 24 heavy (non-hydrogen) atoms. The van der Waals surface area contributed by atoms with Gasteiger partial charge in [-0.25, -0.2) is 0 Å². The van der Waals surface area contributed by atoms with Crippen molar-refractivity contribution in [2.45, 2.75) is 78.3 Å². The number of hydrogen-bond acceptors (Lipinski definition) is 2. The average Bonchev–Trinajstić information content (AvgIpc) is 2.57. The summed E-state index contributed by atoms with van der Waals surface area (Å²) in [7, 11) is 0. The monoisotopic (exact) mass is 328 g/mol. The zero-order valence-electron chi connectivity index (χ0n) is 16.1. The number of fused-ring (bicyclic) bond motifs is 1. The van der Waals surface area contributed by atoms with E-state index in [0.29, 0.717) is 12.0 Å². The molecule has 0 fully saturated rings. The van der Waals surface area contributed by atoms with Crippen molar-refractivity contribution in [3.05, 3.63) is 46.5 Å². The Balaban J connectivity index is 1.96. The summed E-state index contributed by atoms with van der Waals surface area (Å²) in [6, 6.07) is 5.26. The minimum absolute atomic E-state index is 0.529. The fourth-order valence-electron chi connectivity index (χ4n) is 3.77. The van der Waals surface area contributed by atoms with Gasteiger partial charge in [-0.15, -0.1) is 0 Å². The van der Waals surface area contributed by atoms with E-state index in [4.69, 9.17) is 0 Å². The van der Waals surface area contributed by atoms with Crippen molar-refractivity contribution in [3.63, 3.8) is 0 Å². The Kier molecular flexibility index (Phi) is 8.01. The molecule has 2 nitrogen and oxygen atoms in total. The van der Waals surface area contributed by atoms with E-state index in [2.05, 4.69) is 62.6 Å². The third kappa shape index (κ3) is 5.46. The van der Waals surface area contributed by atoms with Gasteiger partial charge in [0.25, 0.3) is 0 Å². The normalized spacial score (nSPS) is 15.9. The molecule has 2 N–H and O–H groups in total. The summed E-state index contributed by atoms with van der Waals surface area (Å²) in [4.78, 5) is 0. The molecule has 1 aromatic carbocycles. The van der Waals surface area contributed by atoms with Gasteiger partial charge in [-0.05, 0) is 73.9 Å². The van der Waals surface area contributed by atoms with Crippen LogP contribution in [0.3, 0.4) is 0 Å². The van der Waals surface area contributed by atoms with Crippen LogP contribution in [-0.2, 0) is 19.4 Å². The van der Waals surface area contributed by atoms with Crippen molar-refractivity contribution >= 4 is 0 Å². The minimum atomic E-state index is 0.529. The summed E-state index contributed by atoms with van der Waals surface area (Å²) in [5, 5.41) is 7.19. The molecular formula is C22H36N2. The molecule has 0 saturated carbocycles. The maximum absolute atomic E-state index is 3.69. The van der Waals surface area contributed by atoms with E-state index in [0.717, 1.165) is 32.5 Å². The van der Waals surface area contributed by atoms with E-state index in [-0.39, 0.29) is 0 Å². The molecule has 2 rings (SSSR count). The lowest BCUT2D eigenvalue weighted by Crippen LogP contribution is -2.30. The summed E-state index contributed by atoms with van der Waals surface area (Å²) < 4.78 is 0. The van der Waals surface area contributed by atoms with Crippen LogP contribution in [0.5, 0.6) is 0 Å². The first-order valence-corrected chi connectivity index (χ1v) is 9.86. The van der Waals surface area contributed by atoms with Gasteiger partial charge in [-0.1, -0.05) is 51.5 Å². The second-order valence-corrected chi connectivity index (χ2v) is 7.47. The number of unbranched alkanes of at least 4 members (excludes halogenated alkanes) is 1. The van der Waals surface area contributed by atoms with E-state index in [9.17, 15) is 0 Å². The number of hydrogen-bond donors (Lipinski definition) is 2. The molecule has 0 aromatic heterocycles. The number of benzene rings is 1. The largest absolute Gasteiger partial charge is 0.314 e. The topological polar surface area (TPSA) is 24.1 Å². The van der Waals surface area contributed by atoms with Crippen LogP contribution >= 0.6 is 0 Å². The molecule has 0 aliphatic carbocycles. The second kappa shape index (κ2) is 10.0. The van der Waals surface area contributed by atoms with Crippen molar-refractivity contribution < 1.29 is 0 Å². The van der Waals surface area contributed by atoms with Gasteiger partial charge < -0.3 is 10.6 Å². The Morgan fingerprint density at radius 2 is 1.96 bits per heavy atom. The van der Waals surface area contributed by atoms with Crippen LogP contribution < -0.4 is 10.6 Å². The lowest BCUT2D eigenvalue weighted by atomic mass is 9.84. The Bertz CT molecular complexity index is 531. The van der Waals surface area contributed by atoms with Gasteiger partial charge in [0.1, 0.15) is 0 Å². The first-order valence-electron chi connectivity index (χ1n) is 9.86. The van der Waals surface area contributed by atoms with Gasteiger partial charge in [0.2, 0.25) is 0 Å². The zero-order chi connectivity index (χ0) is 17.4. The van der Waals surface area contributed by atoms with E-state index < -0.39 is 0 Å². The first kappa shape index (κ1) is 19.2. The first-order chi connectivity index (χ1) is 11.6. The van der Waals surface area contributed by atoms with Crippen LogP contribution in [0.25, 0.3) is 0 Å². The zero-order valence-corrected chi connectivity index (χ0v) is 16.1. The fourth-order valence-corrected chi connectivity index (χ4v) is 3.77. The number of allylic oxidation sites excluding steroid dienone is 1. The minimum Gasteiger partial charge on any atom is -0.314 e. The van der Waals surface area contributed by atoms with Gasteiger partial charge in [-0.3, -0.25) is 0 Å². The molecule has 1 atom stereocenters. The van der Waals surface area contributed by atoms with Crippen LogP contribution in [-0.4, -0.2) is 19.1 Å². The summed E-state index contributed by atoms with van der Waals surface area (Å²) >= 11 is 0. The van der Waals surface area contributed by atoms with E-state index in [1.807, 2.05) is 0 Å². The van der Waals surface area contributed by atoms with E-state index in [1.165, 1.54) is 24.8 Å². The number of rotatable bonds is 9. The van der Waals surface area contributed by atoms with Crippen LogP contribution in [0.15, 0.2) is 24.3 Å². The molecule has 0 spiro atoms. The molecule has 0 radical (unpaired) electrons. The highest BCUT2D eigenvalue weighted by molar-refractivity contribution is 5.44. The van der Waals surface area contributed by atoms with Gasteiger partial charge in [0, 0.05) is 12.6 Å². The molecule has 1 unspecified atom stereocenters. The van der Waals surface area contributed by atoms with Crippen molar-refractivity contribution in [2.75, 3.05) is 13.1 Å². The van der Waals surface area contributed by atoms with Crippen molar-refractivity contribution in [3.8, 4) is 0 Å². The molecule has 1 aliphatic rings. The summed E-state index contributed by atoms with van der Waals surface area (Å²) in [5.74, 6) is 0.609. The van der Waals surface area contributed by atoms with Crippen LogP contribution in [0.4, 0.5) is 0 Å². The molecule has 0 saturated heterocycles. The standard InChI is InChI=1S/C22H36N2/c1-5-6-7-8-9-13-24-18(4)15-19-10-11-20-16-23-14-12-21(20)22(19)17(2)3/h7-8,10-11,17-18,23-24H,5-6,9,12-16H2,1-4H3/b8-7-. The van der Waals surface area contributed by atoms with E-state index in [1.54, 1.807) is 16.7 Å². The van der Waals surface area contributed by atoms with Crippen LogP contribution in [0, 0.1) is 0 Å². The molecule has 134 valence electrons. The highest BCUT2D eigenvalue weighted by Crippen LogP contribution is 2.29. The average molecular weight is 329 g/mol. The second-order valence-electron chi connectivity index (χ2n) is 7.47. The Morgan fingerprint density at radius 1 is 1.17 bits per heavy atom. The van der Waals surface area contributed by atoms with E-state index >= 15 is 0 Å². The molecule has 1 aliphatic heterocycles. The lowest BCUT2D eigenvalue weighted by Gasteiger charge is -2.26. The smallest absolute Gasteiger partial charge is 0.0208 e. The number of nitrogens with one attached hydrogen (secondary N) is 2. The lowest BCUT2D eigenvalue weighted by molar-refractivity contribution is 0.546. The third-order valence-corrected chi connectivity index (χ3v) is 4.94. The molecular weight excluding hydrogens is 292 g/mol. The molecule has 0 amide bonds. The van der Waals surface area contributed by atoms with Crippen molar-refractivity contribution in [1.29, 1.82) is 0 Å². The maximum atomic E-state index is 3.69. The Labute approximate surface area is 149 Å². The van der Waals surface area contributed by atoms with Crippen LogP contribution in [0.2, 0.25) is 0 Å². The van der Waals surface area contributed by atoms with Gasteiger partial charge in [0.15, 0.2) is 0 Å². The van der Waals surface area contributed by atoms with Gasteiger partial charge in [0.05, 0.1) is 0 Å². The Morgan fingerprint density at radius 3 is 2.71 bits per heavy atom. The van der Waals surface area contributed by atoms with Crippen molar-refractivity contribution in [1.82, 2.24) is 10.6 Å². The molecule has 0 bridgehead atoms. The molecule has 1 heterocycles. The maximum Gasteiger partial charge on any atom is 0.0208 e. The summed E-state index contributed by atoms with van der Waals surface area (Å²) in [5.41, 5.74) is 6.30.